The van der Waals surface area contributed by atoms with E-state index in [4.69, 9.17) is 5.11 Å². The van der Waals surface area contributed by atoms with Crippen LogP contribution in [0.25, 0.3) is 0 Å². The second kappa shape index (κ2) is 9.75. The van der Waals surface area contributed by atoms with Gasteiger partial charge in [0.05, 0.1) is 5.92 Å². The number of hydrogen-bond acceptors (Lipinski definition) is 1. The molecule has 0 saturated heterocycles. The summed E-state index contributed by atoms with van der Waals surface area (Å²) in [6.45, 7) is 5.72. The van der Waals surface area contributed by atoms with Gasteiger partial charge in [0, 0.05) is 0 Å². The van der Waals surface area contributed by atoms with Crippen molar-refractivity contribution in [3.05, 3.63) is 12.7 Å². The Morgan fingerprint density at radius 3 is 2.47 bits per heavy atom. The maximum Gasteiger partial charge on any atom is 0.306 e. The van der Waals surface area contributed by atoms with Crippen LogP contribution in [0.2, 0.25) is 0 Å². The highest BCUT2D eigenvalue weighted by Crippen LogP contribution is 2.16. The van der Waals surface area contributed by atoms with E-state index >= 15 is 0 Å². The molecular weight excluding hydrogens is 188 g/mol. The third-order valence-corrected chi connectivity index (χ3v) is 2.70. The number of unbranched alkanes of at least 4 members (excludes halogenated alkanes) is 4. The van der Waals surface area contributed by atoms with Gasteiger partial charge in [0.15, 0.2) is 0 Å². The highest BCUT2D eigenvalue weighted by atomic mass is 16.4. The number of hydrogen-bond donors (Lipinski definition) is 1. The quantitative estimate of drug-likeness (QED) is 0.439. The van der Waals surface area contributed by atoms with E-state index in [0.29, 0.717) is 0 Å². The first-order valence-corrected chi connectivity index (χ1v) is 6.06. The van der Waals surface area contributed by atoms with Crippen molar-refractivity contribution in [2.24, 2.45) is 5.92 Å². The van der Waals surface area contributed by atoms with Crippen LogP contribution < -0.4 is 0 Å². The van der Waals surface area contributed by atoms with Crippen molar-refractivity contribution >= 4 is 5.97 Å². The molecule has 0 bridgehead atoms. The van der Waals surface area contributed by atoms with E-state index in [2.05, 4.69) is 6.58 Å². The Hall–Kier alpha value is -0.790. The van der Waals surface area contributed by atoms with Gasteiger partial charge in [-0.25, -0.2) is 0 Å². The van der Waals surface area contributed by atoms with Gasteiger partial charge in [-0.2, -0.15) is 0 Å². The summed E-state index contributed by atoms with van der Waals surface area (Å²) in [6, 6.07) is 0. The maximum absolute atomic E-state index is 10.8. The van der Waals surface area contributed by atoms with Crippen LogP contribution in [-0.4, -0.2) is 11.1 Å². The van der Waals surface area contributed by atoms with Gasteiger partial charge in [-0.3, -0.25) is 4.79 Å². The number of carboxylic acids is 1. The molecule has 0 aromatic carbocycles. The molecule has 1 atom stereocenters. The standard InChI is InChI=1S/C13H24O2/c1-3-5-6-7-8-9-11-12(10-4-2)13(14)15/h3,12H,1,4-11H2,2H3,(H,14,15). The molecule has 0 aromatic heterocycles. The van der Waals surface area contributed by atoms with Crippen molar-refractivity contribution in [3.63, 3.8) is 0 Å². The third kappa shape index (κ3) is 8.22. The molecule has 2 heteroatoms. The lowest BCUT2D eigenvalue weighted by atomic mass is 9.96. The Morgan fingerprint density at radius 2 is 1.93 bits per heavy atom. The van der Waals surface area contributed by atoms with Gasteiger partial charge in [-0.15, -0.1) is 6.58 Å². The first-order valence-electron chi connectivity index (χ1n) is 6.06. The van der Waals surface area contributed by atoms with E-state index in [1.54, 1.807) is 0 Å². The lowest BCUT2D eigenvalue weighted by molar-refractivity contribution is -0.142. The molecule has 0 saturated carbocycles. The van der Waals surface area contributed by atoms with Crippen LogP contribution in [0.15, 0.2) is 12.7 Å². The van der Waals surface area contributed by atoms with Crippen LogP contribution in [0.3, 0.4) is 0 Å². The summed E-state index contributed by atoms with van der Waals surface area (Å²) < 4.78 is 0. The van der Waals surface area contributed by atoms with E-state index < -0.39 is 5.97 Å². The van der Waals surface area contributed by atoms with Crippen LogP contribution in [0.1, 0.15) is 58.3 Å². The van der Waals surface area contributed by atoms with Crippen LogP contribution in [0, 0.1) is 5.92 Å². The fraction of sp³-hybridized carbons (Fsp3) is 0.769. The summed E-state index contributed by atoms with van der Waals surface area (Å²) >= 11 is 0. The van der Waals surface area contributed by atoms with Crippen molar-refractivity contribution in [2.45, 2.75) is 58.3 Å². The monoisotopic (exact) mass is 212 g/mol. The molecule has 1 unspecified atom stereocenters. The van der Waals surface area contributed by atoms with Gasteiger partial charge in [-0.1, -0.05) is 38.7 Å². The molecule has 0 aromatic rings. The molecule has 15 heavy (non-hydrogen) atoms. The molecular formula is C13H24O2. The van der Waals surface area contributed by atoms with Crippen molar-refractivity contribution in [1.29, 1.82) is 0 Å². The smallest absolute Gasteiger partial charge is 0.306 e. The average molecular weight is 212 g/mol. The Morgan fingerprint density at radius 1 is 1.27 bits per heavy atom. The predicted molar refractivity (Wildman–Crippen MR) is 63.9 cm³/mol. The lowest BCUT2D eigenvalue weighted by Crippen LogP contribution is -2.13. The molecule has 0 radical (unpaired) electrons. The zero-order valence-electron chi connectivity index (χ0n) is 9.87. The third-order valence-electron chi connectivity index (χ3n) is 2.70. The number of rotatable bonds is 10. The summed E-state index contributed by atoms with van der Waals surface area (Å²) in [4.78, 5) is 10.8. The number of carbonyl (C=O) groups is 1. The Balaban J connectivity index is 3.45. The van der Waals surface area contributed by atoms with E-state index in [-0.39, 0.29) is 5.92 Å². The molecule has 0 aliphatic heterocycles. The van der Waals surface area contributed by atoms with Crippen molar-refractivity contribution < 1.29 is 9.90 Å². The van der Waals surface area contributed by atoms with Gasteiger partial charge in [0.1, 0.15) is 0 Å². The molecule has 88 valence electrons. The molecule has 0 aliphatic rings. The minimum atomic E-state index is -0.622. The maximum atomic E-state index is 10.8. The molecule has 0 aliphatic carbocycles. The molecule has 0 fully saturated rings. The van der Waals surface area contributed by atoms with Crippen LogP contribution in [0.4, 0.5) is 0 Å². The minimum Gasteiger partial charge on any atom is -0.481 e. The highest BCUT2D eigenvalue weighted by Gasteiger charge is 2.14. The van der Waals surface area contributed by atoms with E-state index in [0.717, 1.165) is 38.5 Å². The number of carboxylic acid groups (broad SMARTS) is 1. The fourth-order valence-electron chi connectivity index (χ4n) is 1.77. The van der Waals surface area contributed by atoms with Gasteiger partial charge in [0.25, 0.3) is 0 Å². The molecule has 0 rings (SSSR count). The Bertz CT molecular complexity index is 175. The number of allylic oxidation sites excluding steroid dienone is 1. The molecule has 1 N–H and O–H groups in total. The SMILES string of the molecule is C=CCCCCCCC(CCC)C(=O)O. The van der Waals surface area contributed by atoms with E-state index in [9.17, 15) is 4.79 Å². The van der Waals surface area contributed by atoms with Gasteiger partial charge in [0.2, 0.25) is 0 Å². The summed E-state index contributed by atoms with van der Waals surface area (Å²) in [7, 11) is 0. The summed E-state index contributed by atoms with van der Waals surface area (Å²) in [5.41, 5.74) is 0. The minimum absolute atomic E-state index is 0.116. The number of aliphatic carboxylic acids is 1. The molecule has 0 amide bonds. The van der Waals surface area contributed by atoms with Gasteiger partial charge in [-0.05, 0) is 25.7 Å². The Kier molecular flexibility index (Phi) is 9.24. The highest BCUT2D eigenvalue weighted by molar-refractivity contribution is 5.69. The second-order valence-electron chi connectivity index (χ2n) is 4.10. The van der Waals surface area contributed by atoms with Crippen molar-refractivity contribution in [2.75, 3.05) is 0 Å². The topological polar surface area (TPSA) is 37.3 Å². The van der Waals surface area contributed by atoms with E-state index in [1.165, 1.54) is 12.8 Å². The van der Waals surface area contributed by atoms with Gasteiger partial charge >= 0.3 is 5.97 Å². The summed E-state index contributed by atoms with van der Waals surface area (Å²) in [6.07, 6.45) is 10.2. The van der Waals surface area contributed by atoms with Crippen molar-refractivity contribution in [1.82, 2.24) is 0 Å². The van der Waals surface area contributed by atoms with Crippen LogP contribution in [0.5, 0.6) is 0 Å². The normalized spacial score (nSPS) is 12.3. The fourth-order valence-corrected chi connectivity index (χ4v) is 1.77. The second-order valence-corrected chi connectivity index (χ2v) is 4.10. The van der Waals surface area contributed by atoms with E-state index in [1.807, 2.05) is 13.0 Å². The first-order chi connectivity index (χ1) is 7.22. The largest absolute Gasteiger partial charge is 0.481 e. The van der Waals surface area contributed by atoms with Gasteiger partial charge < -0.3 is 5.11 Å². The zero-order valence-corrected chi connectivity index (χ0v) is 9.87. The first kappa shape index (κ1) is 14.2. The van der Waals surface area contributed by atoms with Crippen LogP contribution in [-0.2, 0) is 4.79 Å². The Labute approximate surface area is 93.4 Å². The van der Waals surface area contributed by atoms with Crippen molar-refractivity contribution in [3.8, 4) is 0 Å². The lowest BCUT2D eigenvalue weighted by Gasteiger charge is -2.10. The molecule has 0 heterocycles. The predicted octanol–water partition coefficient (Wildman–Crippen LogP) is 4.01. The van der Waals surface area contributed by atoms with Crippen LogP contribution >= 0.6 is 0 Å². The zero-order chi connectivity index (χ0) is 11.5. The summed E-state index contributed by atoms with van der Waals surface area (Å²) in [5, 5.41) is 8.93. The average Bonchev–Trinajstić information content (AvgIpc) is 2.21. The molecule has 2 nitrogen and oxygen atoms in total. The summed E-state index contributed by atoms with van der Waals surface area (Å²) in [5.74, 6) is -0.739. The molecule has 0 spiro atoms.